The average Bonchev–Trinajstić information content (AvgIpc) is 3.28. The van der Waals surface area contributed by atoms with Gasteiger partial charge in [-0.3, -0.25) is 29.9 Å². The number of methoxy groups -OCH3 is 1. The second-order valence-electron chi connectivity index (χ2n) is 7.00. The molecule has 1 aliphatic rings. The molecule has 0 aromatic heterocycles. The number of likely N-dealkylation sites (tertiary alicyclic amines) is 1. The highest BCUT2D eigenvalue weighted by Crippen LogP contribution is 2.28. The van der Waals surface area contributed by atoms with Crippen LogP contribution in [0.3, 0.4) is 0 Å². The van der Waals surface area contributed by atoms with Crippen molar-refractivity contribution < 1.29 is 19.4 Å². The summed E-state index contributed by atoms with van der Waals surface area (Å²) in [6, 6.07) is 10.4. The Bertz CT molecular complexity index is 926. The fourth-order valence-corrected chi connectivity index (χ4v) is 3.59. The number of rotatable bonds is 8. The largest absolute Gasteiger partial charge is 0.497 e. The zero-order chi connectivity index (χ0) is 21.7. The lowest BCUT2D eigenvalue weighted by Gasteiger charge is -2.28. The Morgan fingerprint density at radius 3 is 2.30 bits per heavy atom. The molecule has 3 rings (SSSR count). The molecule has 158 valence electrons. The van der Waals surface area contributed by atoms with Crippen molar-refractivity contribution >= 4 is 17.3 Å². The molecule has 10 heteroatoms. The first-order chi connectivity index (χ1) is 14.4. The number of non-ortho nitro benzene ring substituents is 2. The normalized spacial score (nSPS) is 14.8. The van der Waals surface area contributed by atoms with Crippen LogP contribution in [0.5, 0.6) is 5.75 Å². The first-order valence-electron chi connectivity index (χ1n) is 9.49. The standard InChI is InChI=1S/C20H22N4O6/c1-30-18-6-4-5-14(11-18)19(22-7-2-3-8-22)13-21-20(25)15-9-16(23(26)27)12-17(10-15)24(28)29/h4-6,9-12,19H,2-3,7-8,13H2,1H3,(H,21,25). The van der Waals surface area contributed by atoms with Gasteiger partial charge in [-0.25, -0.2) is 0 Å². The molecule has 2 aromatic rings. The molecule has 1 saturated heterocycles. The summed E-state index contributed by atoms with van der Waals surface area (Å²) in [4.78, 5) is 35.5. The van der Waals surface area contributed by atoms with Gasteiger partial charge in [0.05, 0.1) is 34.6 Å². The molecule has 2 aromatic carbocycles. The van der Waals surface area contributed by atoms with Crippen LogP contribution >= 0.6 is 0 Å². The van der Waals surface area contributed by atoms with E-state index in [0.717, 1.165) is 49.7 Å². The van der Waals surface area contributed by atoms with Crippen molar-refractivity contribution in [1.82, 2.24) is 10.2 Å². The quantitative estimate of drug-likeness (QED) is 0.519. The number of carbonyl (C=O) groups is 1. The van der Waals surface area contributed by atoms with E-state index in [2.05, 4.69) is 10.2 Å². The Morgan fingerprint density at radius 1 is 1.10 bits per heavy atom. The van der Waals surface area contributed by atoms with Crippen LogP contribution in [-0.4, -0.2) is 47.4 Å². The number of carbonyl (C=O) groups excluding carboxylic acids is 1. The SMILES string of the molecule is COc1cccc(C(CNC(=O)c2cc([N+](=O)[O-])cc([N+](=O)[O-])c2)N2CCCC2)c1. The number of hydrogen-bond acceptors (Lipinski definition) is 7. The fraction of sp³-hybridized carbons (Fsp3) is 0.350. The molecule has 1 aliphatic heterocycles. The van der Waals surface area contributed by atoms with E-state index in [0.29, 0.717) is 5.75 Å². The first-order valence-corrected chi connectivity index (χ1v) is 9.49. The van der Waals surface area contributed by atoms with Gasteiger partial charge in [-0.15, -0.1) is 0 Å². The summed E-state index contributed by atoms with van der Waals surface area (Å²) >= 11 is 0. The molecule has 10 nitrogen and oxygen atoms in total. The topological polar surface area (TPSA) is 128 Å². The van der Waals surface area contributed by atoms with Crippen molar-refractivity contribution in [1.29, 1.82) is 0 Å². The van der Waals surface area contributed by atoms with Gasteiger partial charge in [-0.2, -0.15) is 0 Å². The zero-order valence-electron chi connectivity index (χ0n) is 16.4. The second-order valence-corrected chi connectivity index (χ2v) is 7.00. The molecular formula is C20H22N4O6. The number of benzene rings is 2. The van der Waals surface area contributed by atoms with E-state index in [1.54, 1.807) is 7.11 Å². The molecule has 30 heavy (non-hydrogen) atoms. The van der Waals surface area contributed by atoms with Gasteiger partial charge in [-0.1, -0.05) is 12.1 Å². The Balaban J connectivity index is 1.82. The lowest BCUT2D eigenvalue weighted by atomic mass is 10.0. The van der Waals surface area contributed by atoms with Gasteiger partial charge < -0.3 is 10.1 Å². The first kappa shape index (κ1) is 21.2. The molecule has 1 amide bonds. The monoisotopic (exact) mass is 414 g/mol. The summed E-state index contributed by atoms with van der Waals surface area (Å²) in [7, 11) is 1.58. The maximum Gasteiger partial charge on any atom is 0.277 e. The highest BCUT2D eigenvalue weighted by molar-refractivity contribution is 5.95. The summed E-state index contributed by atoms with van der Waals surface area (Å²) in [6.07, 6.45) is 2.12. The molecule has 0 aliphatic carbocycles. The van der Waals surface area contributed by atoms with Gasteiger partial charge in [0.25, 0.3) is 17.3 Å². The molecule has 1 fully saturated rings. The van der Waals surface area contributed by atoms with Crippen molar-refractivity contribution in [2.75, 3.05) is 26.7 Å². The van der Waals surface area contributed by atoms with Crippen LogP contribution < -0.4 is 10.1 Å². The molecule has 0 bridgehead atoms. The van der Waals surface area contributed by atoms with E-state index in [4.69, 9.17) is 4.74 Å². The highest BCUT2D eigenvalue weighted by Gasteiger charge is 2.25. The number of nitro benzene ring substituents is 2. The number of hydrogen-bond donors (Lipinski definition) is 1. The molecule has 0 saturated carbocycles. The van der Waals surface area contributed by atoms with Crippen LogP contribution in [0.2, 0.25) is 0 Å². The summed E-state index contributed by atoms with van der Waals surface area (Å²) in [5.41, 5.74) is -0.153. The zero-order valence-corrected chi connectivity index (χ0v) is 16.4. The molecule has 0 radical (unpaired) electrons. The molecule has 1 unspecified atom stereocenters. The third kappa shape index (κ3) is 4.90. The average molecular weight is 414 g/mol. The van der Waals surface area contributed by atoms with Crippen LogP contribution in [0, 0.1) is 20.2 Å². The maximum absolute atomic E-state index is 12.7. The minimum Gasteiger partial charge on any atom is -0.497 e. The summed E-state index contributed by atoms with van der Waals surface area (Å²) in [5.74, 6) is 0.103. The van der Waals surface area contributed by atoms with E-state index in [1.165, 1.54) is 0 Å². The molecule has 1 heterocycles. The number of nitrogens with zero attached hydrogens (tertiary/aromatic N) is 3. The molecule has 1 atom stereocenters. The molecule has 0 spiro atoms. The van der Waals surface area contributed by atoms with Gasteiger partial charge in [0.15, 0.2) is 0 Å². The smallest absolute Gasteiger partial charge is 0.277 e. The van der Waals surface area contributed by atoms with Crippen molar-refractivity contribution in [2.45, 2.75) is 18.9 Å². The van der Waals surface area contributed by atoms with E-state index >= 15 is 0 Å². The molecule has 1 N–H and O–H groups in total. The van der Waals surface area contributed by atoms with Gasteiger partial charge in [0.1, 0.15) is 5.75 Å². The second kappa shape index (κ2) is 9.31. The number of nitrogens with one attached hydrogen (secondary N) is 1. The minimum absolute atomic E-state index is 0.111. The van der Waals surface area contributed by atoms with Crippen molar-refractivity contribution in [3.8, 4) is 5.75 Å². The van der Waals surface area contributed by atoms with Gasteiger partial charge in [0, 0.05) is 18.7 Å². The van der Waals surface area contributed by atoms with Crippen LogP contribution in [0.4, 0.5) is 11.4 Å². The van der Waals surface area contributed by atoms with E-state index in [1.807, 2.05) is 24.3 Å². The fourth-order valence-electron chi connectivity index (χ4n) is 3.59. The Morgan fingerprint density at radius 2 is 1.73 bits per heavy atom. The minimum atomic E-state index is -0.757. The van der Waals surface area contributed by atoms with E-state index in [9.17, 15) is 25.0 Å². The number of nitro groups is 2. The van der Waals surface area contributed by atoms with Crippen LogP contribution in [0.15, 0.2) is 42.5 Å². The van der Waals surface area contributed by atoms with E-state index < -0.39 is 27.1 Å². The van der Waals surface area contributed by atoms with Gasteiger partial charge in [0.2, 0.25) is 0 Å². The highest BCUT2D eigenvalue weighted by atomic mass is 16.6. The lowest BCUT2D eigenvalue weighted by molar-refractivity contribution is -0.394. The van der Waals surface area contributed by atoms with Gasteiger partial charge in [-0.05, 0) is 43.6 Å². The van der Waals surface area contributed by atoms with Crippen molar-refractivity contribution in [2.24, 2.45) is 0 Å². The van der Waals surface area contributed by atoms with Gasteiger partial charge >= 0.3 is 0 Å². The Labute approximate surface area is 172 Å². The summed E-state index contributed by atoms with van der Waals surface area (Å²) in [6.45, 7) is 2.03. The predicted octanol–water partition coefficient (Wildman–Crippen LogP) is 3.08. The summed E-state index contributed by atoms with van der Waals surface area (Å²) in [5, 5.41) is 24.9. The van der Waals surface area contributed by atoms with Crippen molar-refractivity contribution in [3.05, 3.63) is 73.8 Å². The van der Waals surface area contributed by atoms with Crippen molar-refractivity contribution in [3.63, 3.8) is 0 Å². The van der Waals surface area contributed by atoms with Crippen LogP contribution in [-0.2, 0) is 0 Å². The number of ether oxygens (including phenoxy) is 1. The number of amides is 1. The molecular weight excluding hydrogens is 392 g/mol. The lowest BCUT2D eigenvalue weighted by Crippen LogP contribution is -2.36. The third-order valence-corrected chi connectivity index (χ3v) is 5.10. The predicted molar refractivity (Wildman–Crippen MR) is 109 cm³/mol. The van der Waals surface area contributed by atoms with E-state index in [-0.39, 0.29) is 18.2 Å². The maximum atomic E-state index is 12.7. The summed E-state index contributed by atoms with van der Waals surface area (Å²) < 4.78 is 5.30. The Hall–Kier alpha value is -3.53. The van der Waals surface area contributed by atoms with Crippen LogP contribution in [0.25, 0.3) is 0 Å². The Kier molecular flexibility index (Phi) is 6.58. The van der Waals surface area contributed by atoms with Crippen LogP contribution in [0.1, 0.15) is 34.8 Å². The third-order valence-electron chi connectivity index (χ3n) is 5.10.